The molecule has 0 bridgehead atoms. The lowest BCUT2D eigenvalue weighted by Crippen LogP contribution is -2.00. The SMILES string of the molecule is COc1ccccc1-n1ccc(CC(C)C)n1. The highest BCUT2D eigenvalue weighted by atomic mass is 16.5. The Morgan fingerprint density at radius 2 is 2.00 bits per heavy atom. The molecule has 3 heteroatoms. The van der Waals surface area contributed by atoms with Gasteiger partial charge in [-0.1, -0.05) is 26.0 Å². The fraction of sp³-hybridized carbons (Fsp3) is 0.357. The Bertz CT molecular complexity index is 488. The standard InChI is InChI=1S/C14H18N2O/c1-11(2)10-12-8-9-16(15-12)13-6-4-5-7-14(13)17-3/h4-9,11H,10H2,1-3H3. The molecule has 2 rings (SSSR count). The van der Waals surface area contributed by atoms with Gasteiger partial charge in [0.25, 0.3) is 0 Å². The average Bonchev–Trinajstić information content (AvgIpc) is 2.76. The first kappa shape index (κ1) is 11.7. The summed E-state index contributed by atoms with van der Waals surface area (Å²) in [7, 11) is 1.68. The number of nitrogens with zero attached hydrogens (tertiary/aromatic N) is 2. The van der Waals surface area contributed by atoms with Gasteiger partial charge in [-0.15, -0.1) is 0 Å². The summed E-state index contributed by atoms with van der Waals surface area (Å²) in [5.74, 6) is 1.46. The average molecular weight is 230 g/mol. The first-order chi connectivity index (χ1) is 8.20. The Morgan fingerprint density at radius 1 is 1.24 bits per heavy atom. The summed E-state index contributed by atoms with van der Waals surface area (Å²) < 4.78 is 7.20. The van der Waals surface area contributed by atoms with Crippen LogP contribution in [0.1, 0.15) is 19.5 Å². The number of methoxy groups -OCH3 is 1. The van der Waals surface area contributed by atoms with Gasteiger partial charge in [0.1, 0.15) is 11.4 Å². The molecule has 0 aliphatic carbocycles. The van der Waals surface area contributed by atoms with Crippen LogP contribution in [0.25, 0.3) is 5.69 Å². The molecule has 0 saturated carbocycles. The molecule has 1 aromatic carbocycles. The van der Waals surface area contributed by atoms with Gasteiger partial charge in [0, 0.05) is 6.20 Å². The van der Waals surface area contributed by atoms with E-state index < -0.39 is 0 Å². The maximum absolute atomic E-state index is 5.33. The fourth-order valence-corrected chi connectivity index (χ4v) is 1.84. The van der Waals surface area contributed by atoms with E-state index in [0.29, 0.717) is 5.92 Å². The van der Waals surface area contributed by atoms with Crippen LogP contribution in [0.4, 0.5) is 0 Å². The van der Waals surface area contributed by atoms with Crippen molar-refractivity contribution in [2.24, 2.45) is 5.92 Å². The third-order valence-electron chi connectivity index (χ3n) is 2.59. The van der Waals surface area contributed by atoms with Crippen LogP contribution in [0.3, 0.4) is 0 Å². The van der Waals surface area contributed by atoms with Crippen LogP contribution in [-0.2, 0) is 6.42 Å². The smallest absolute Gasteiger partial charge is 0.144 e. The van der Waals surface area contributed by atoms with Crippen molar-refractivity contribution in [1.29, 1.82) is 0 Å². The van der Waals surface area contributed by atoms with Gasteiger partial charge in [-0.25, -0.2) is 4.68 Å². The van der Waals surface area contributed by atoms with E-state index in [0.717, 1.165) is 23.6 Å². The van der Waals surface area contributed by atoms with Crippen molar-refractivity contribution in [3.8, 4) is 11.4 Å². The number of aromatic nitrogens is 2. The van der Waals surface area contributed by atoms with Crippen molar-refractivity contribution in [2.75, 3.05) is 7.11 Å². The first-order valence-corrected chi connectivity index (χ1v) is 5.88. The molecule has 1 heterocycles. The van der Waals surface area contributed by atoms with Crippen LogP contribution >= 0.6 is 0 Å². The molecule has 0 saturated heterocycles. The van der Waals surface area contributed by atoms with Crippen molar-refractivity contribution < 1.29 is 4.74 Å². The molecule has 17 heavy (non-hydrogen) atoms. The van der Waals surface area contributed by atoms with Crippen molar-refractivity contribution in [1.82, 2.24) is 9.78 Å². The molecule has 0 atom stereocenters. The molecule has 0 N–H and O–H groups in total. The summed E-state index contributed by atoms with van der Waals surface area (Å²) in [5, 5.41) is 4.57. The third kappa shape index (κ3) is 2.67. The van der Waals surface area contributed by atoms with Crippen LogP contribution in [0, 0.1) is 5.92 Å². The van der Waals surface area contributed by atoms with E-state index in [9.17, 15) is 0 Å². The van der Waals surface area contributed by atoms with E-state index in [1.165, 1.54) is 0 Å². The predicted octanol–water partition coefficient (Wildman–Crippen LogP) is 3.08. The summed E-state index contributed by atoms with van der Waals surface area (Å²) in [5.41, 5.74) is 2.09. The van der Waals surface area contributed by atoms with Gasteiger partial charge in [0.2, 0.25) is 0 Å². The number of para-hydroxylation sites is 2. The van der Waals surface area contributed by atoms with E-state index in [1.807, 2.05) is 35.1 Å². The number of ether oxygens (including phenoxy) is 1. The Labute approximate surface area is 102 Å². The lowest BCUT2D eigenvalue weighted by atomic mass is 10.1. The normalized spacial score (nSPS) is 10.8. The molecule has 0 aliphatic rings. The van der Waals surface area contributed by atoms with Crippen molar-refractivity contribution in [3.05, 3.63) is 42.2 Å². The summed E-state index contributed by atoms with van der Waals surface area (Å²) in [6.07, 6.45) is 2.98. The lowest BCUT2D eigenvalue weighted by Gasteiger charge is -2.07. The molecule has 1 aromatic heterocycles. The molecular weight excluding hydrogens is 212 g/mol. The first-order valence-electron chi connectivity index (χ1n) is 5.88. The highest BCUT2D eigenvalue weighted by molar-refractivity contribution is 5.45. The Kier molecular flexibility index (Phi) is 3.47. The highest BCUT2D eigenvalue weighted by Crippen LogP contribution is 2.21. The summed E-state index contributed by atoms with van der Waals surface area (Å²) in [6, 6.07) is 9.96. The Balaban J connectivity index is 2.30. The van der Waals surface area contributed by atoms with E-state index in [4.69, 9.17) is 4.74 Å². The summed E-state index contributed by atoms with van der Waals surface area (Å²) in [6.45, 7) is 4.39. The zero-order valence-electron chi connectivity index (χ0n) is 10.6. The molecule has 3 nitrogen and oxygen atoms in total. The highest BCUT2D eigenvalue weighted by Gasteiger charge is 2.07. The minimum absolute atomic E-state index is 0.621. The van der Waals surface area contributed by atoms with E-state index in [-0.39, 0.29) is 0 Å². The van der Waals surface area contributed by atoms with Gasteiger partial charge in [-0.05, 0) is 30.5 Å². The Hall–Kier alpha value is -1.77. The molecule has 0 unspecified atom stereocenters. The van der Waals surface area contributed by atoms with Crippen LogP contribution in [-0.4, -0.2) is 16.9 Å². The number of benzene rings is 1. The number of rotatable bonds is 4. The summed E-state index contributed by atoms with van der Waals surface area (Å²) >= 11 is 0. The molecular formula is C14H18N2O. The molecule has 0 fully saturated rings. The molecule has 0 amide bonds. The van der Waals surface area contributed by atoms with Gasteiger partial charge in [-0.2, -0.15) is 5.10 Å². The van der Waals surface area contributed by atoms with E-state index in [2.05, 4.69) is 25.0 Å². The van der Waals surface area contributed by atoms with Crippen LogP contribution < -0.4 is 4.74 Å². The second kappa shape index (κ2) is 5.04. The largest absolute Gasteiger partial charge is 0.494 e. The molecule has 2 aromatic rings. The van der Waals surface area contributed by atoms with Crippen molar-refractivity contribution in [2.45, 2.75) is 20.3 Å². The van der Waals surface area contributed by atoms with Gasteiger partial charge < -0.3 is 4.74 Å². The van der Waals surface area contributed by atoms with Gasteiger partial charge in [0.15, 0.2) is 0 Å². The fourth-order valence-electron chi connectivity index (χ4n) is 1.84. The Morgan fingerprint density at radius 3 is 2.71 bits per heavy atom. The molecule has 0 radical (unpaired) electrons. The molecule has 90 valence electrons. The quantitative estimate of drug-likeness (QED) is 0.807. The number of hydrogen-bond donors (Lipinski definition) is 0. The van der Waals surface area contributed by atoms with Crippen LogP contribution in [0.15, 0.2) is 36.5 Å². The van der Waals surface area contributed by atoms with E-state index >= 15 is 0 Å². The van der Waals surface area contributed by atoms with Gasteiger partial charge in [0.05, 0.1) is 12.8 Å². The van der Waals surface area contributed by atoms with Crippen LogP contribution in [0.5, 0.6) is 5.75 Å². The molecule has 0 aliphatic heterocycles. The van der Waals surface area contributed by atoms with Crippen molar-refractivity contribution >= 4 is 0 Å². The zero-order valence-corrected chi connectivity index (χ0v) is 10.6. The topological polar surface area (TPSA) is 27.1 Å². The zero-order chi connectivity index (χ0) is 12.3. The van der Waals surface area contributed by atoms with E-state index in [1.54, 1.807) is 7.11 Å². The third-order valence-corrected chi connectivity index (χ3v) is 2.59. The number of hydrogen-bond acceptors (Lipinski definition) is 2. The van der Waals surface area contributed by atoms with Crippen LogP contribution in [0.2, 0.25) is 0 Å². The lowest BCUT2D eigenvalue weighted by molar-refractivity contribution is 0.411. The maximum atomic E-state index is 5.33. The minimum atomic E-state index is 0.621. The second-order valence-corrected chi connectivity index (χ2v) is 4.52. The summed E-state index contributed by atoms with van der Waals surface area (Å²) in [4.78, 5) is 0. The second-order valence-electron chi connectivity index (χ2n) is 4.52. The predicted molar refractivity (Wildman–Crippen MR) is 68.7 cm³/mol. The minimum Gasteiger partial charge on any atom is -0.494 e. The maximum Gasteiger partial charge on any atom is 0.144 e. The molecule has 0 spiro atoms. The monoisotopic (exact) mass is 230 g/mol. The van der Waals surface area contributed by atoms with Crippen molar-refractivity contribution in [3.63, 3.8) is 0 Å². The van der Waals surface area contributed by atoms with Gasteiger partial charge in [-0.3, -0.25) is 0 Å². The van der Waals surface area contributed by atoms with Gasteiger partial charge >= 0.3 is 0 Å².